The van der Waals surface area contributed by atoms with Crippen molar-refractivity contribution in [2.75, 3.05) is 26.3 Å². The van der Waals surface area contributed by atoms with Crippen LogP contribution in [0.25, 0.3) is 0 Å². The molecule has 0 aliphatic carbocycles. The van der Waals surface area contributed by atoms with Crippen molar-refractivity contribution in [1.29, 1.82) is 0 Å². The number of benzene rings is 1. The summed E-state index contributed by atoms with van der Waals surface area (Å²) in [5.41, 5.74) is 2.71. The summed E-state index contributed by atoms with van der Waals surface area (Å²) in [7, 11) is 0. The van der Waals surface area contributed by atoms with E-state index in [1.807, 2.05) is 0 Å². The molecule has 1 N–H and O–H groups in total. The lowest BCUT2D eigenvalue weighted by molar-refractivity contribution is 0.170. The molecule has 0 spiro atoms. The maximum atomic E-state index is 5.72. The van der Waals surface area contributed by atoms with Crippen molar-refractivity contribution in [3.63, 3.8) is 0 Å². The van der Waals surface area contributed by atoms with Crippen molar-refractivity contribution in [2.24, 2.45) is 0 Å². The van der Waals surface area contributed by atoms with Gasteiger partial charge in [-0.15, -0.1) is 0 Å². The zero-order chi connectivity index (χ0) is 12.5. The van der Waals surface area contributed by atoms with Crippen LogP contribution in [0, 0.1) is 6.92 Å². The van der Waals surface area contributed by atoms with Gasteiger partial charge in [-0.2, -0.15) is 0 Å². The van der Waals surface area contributed by atoms with Crippen molar-refractivity contribution >= 4 is 15.9 Å². The quantitative estimate of drug-likeness (QED) is 0.865. The van der Waals surface area contributed by atoms with E-state index in [2.05, 4.69) is 34.2 Å². The van der Waals surface area contributed by atoms with Gasteiger partial charge in [0.2, 0.25) is 0 Å². The molecule has 0 saturated carbocycles. The first-order chi connectivity index (χ1) is 8.77. The number of ether oxygens (including phenoxy) is 2. The van der Waals surface area contributed by atoms with Crippen LogP contribution in [0.5, 0.6) is 11.5 Å². The van der Waals surface area contributed by atoms with E-state index in [1.54, 1.807) is 0 Å². The minimum absolute atomic E-state index is 0.637. The predicted octanol–water partition coefficient (Wildman–Crippen LogP) is 3.00. The van der Waals surface area contributed by atoms with Gasteiger partial charge in [0.1, 0.15) is 13.2 Å². The van der Waals surface area contributed by atoms with Crippen LogP contribution < -0.4 is 14.8 Å². The molecule has 1 fully saturated rings. The molecule has 0 aromatic heterocycles. The Morgan fingerprint density at radius 2 is 1.94 bits per heavy atom. The first-order valence-corrected chi connectivity index (χ1v) is 7.36. The number of hydrogen-bond donors (Lipinski definition) is 1. The first kappa shape index (κ1) is 12.3. The summed E-state index contributed by atoms with van der Waals surface area (Å²) in [5.74, 6) is 2.40. The highest BCUT2D eigenvalue weighted by atomic mass is 79.9. The van der Waals surface area contributed by atoms with Crippen LogP contribution in [-0.2, 0) is 0 Å². The molecule has 2 heterocycles. The second-order valence-electron chi connectivity index (χ2n) is 4.95. The van der Waals surface area contributed by atoms with E-state index in [1.165, 1.54) is 24.0 Å². The third-order valence-corrected chi connectivity index (χ3v) is 4.79. The predicted molar refractivity (Wildman–Crippen MR) is 74.7 cm³/mol. The first-order valence-electron chi connectivity index (χ1n) is 6.56. The van der Waals surface area contributed by atoms with Gasteiger partial charge in [0.25, 0.3) is 0 Å². The van der Waals surface area contributed by atoms with E-state index in [0.29, 0.717) is 19.1 Å². The van der Waals surface area contributed by atoms with Gasteiger partial charge in [0.05, 0.1) is 4.47 Å². The largest absolute Gasteiger partial charge is 0.486 e. The molecule has 3 nitrogen and oxygen atoms in total. The topological polar surface area (TPSA) is 30.5 Å². The van der Waals surface area contributed by atoms with Crippen molar-refractivity contribution in [1.82, 2.24) is 5.32 Å². The zero-order valence-corrected chi connectivity index (χ0v) is 12.2. The fourth-order valence-corrected chi connectivity index (χ4v) is 3.35. The van der Waals surface area contributed by atoms with Crippen LogP contribution in [0.15, 0.2) is 10.5 Å². The third-order valence-electron chi connectivity index (χ3n) is 3.84. The summed E-state index contributed by atoms with van der Waals surface area (Å²) in [4.78, 5) is 0. The molecule has 98 valence electrons. The highest BCUT2D eigenvalue weighted by Gasteiger charge is 2.24. The van der Waals surface area contributed by atoms with Gasteiger partial charge >= 0.3 is 0 Å². The molecule has 0 radical (unpaired) electrons. The third kappa shape index (κ3) is 2.12. The summed E-state index contributed by atoms with van der Waals surface area (Å²) in [5, 5.41) is 3.41. The molecule has 1 saturated heterocycles. The van der Waals surface area contributed by atoms with Crippen LogP contribution in [0.3, 0.4) is 0 Å². The Kier molecular flexibility index (Phi) is 3.48. The van der Waals surface area contributed by atoms with Gasteiger partial charge in [-0.1, -0.05) is 0 Å². The summed E-state index contributed by atoms with van der Waals surface area (Å²) in [6.45, 7) is 5.66. The number of piperidine rings is 1. The number of fused-ring (bicyclic) bond motifs is 1. The van der Waals surface area contributed by atoms with Crippen molar-refractivity contribution < 1.29 is 9.47 Å². The Morgan fingerprint density at radius 1 is 1.22 bits per heavy atom. The maximum absolute atomic E-state index is 5.72. The average Bonchev–Trinajstić information content (AvgIpc) is 2.44. The van der Waals surface area contributed by atoms with Gasteiger partial charge in [-0.3, -0.25) is 0 Å². The minimum atomic E-state index is 0.637. The number of rotatable bonds is 1. The Bertz CT molecular complexity index is 456. The zero-order valence-electron chi connectivity index (χ0n) is 10.6. The van der Waals surface area contributed by atoms with E-state index in [4.69, 9.17) is 9.47 Å². The second-order valence-corrected chi connectivity index (χ2v) is 5.75. The number of hydrogen-bond acceptors (Lipinski definition) is 3. The van der Waals surface area contributed by atoms with Crippen LogP contribution in [0.1, 0.15) is 29.9 Å². The molecule has 18 heavy (non-hydrogen) atoms. The smallest absolute Gasteiger partial charge is 0.175 e. The Morgan fingerprint density at radius 3 is 2.72 bits per heavy atom. The van der Waals surface area contributed by atoms with Gasteiger partial charge in [0.15, 0.2) is 11.5 Å². The highest BCUT2D eigenvalue weighted by molar-refractivity contribution is 9.10. The highest BCUT2D eigenvalue weighted by Crippen LogP contribution is 2.44. The van der Waals surface area contributed by atoms with Crippen molar-refractivity contribution in [2.45, 2.75) is 25.7 Å². The van der Waals surface area contributed by atoms with Gasteiger partial charge in [-0.05, 0) is 71.9 Å². The molecule has 0 bridgehead atoms. The molecule has 2 aliphatic heterocycles. The lowest BCUT2D eigenvalue weighted by Crippen LogP contribution is -2.27. The van der Waals surface area contributed by atoms with E-state index in [9.17, 15) is 0 Å². The maximum Gasteiger partial charge on any atom is 0.175 e. The molecule has 2 aliphatic rings. The Labute approximate surface area is 116 Å². The molecule has 1 aromatic rings. The van der Waals surface area contributed by atoms with E-state index in [0.717, 1.165) is 29.1 Å². The van der Waals surface area contributed by atoms with Crippen LogP contribution in [0.2, 0.25) is 0 Å². The van der Waals surface area contributed by atoms with Crippen molar-refractivity contribution in [3.8, 4) is 11.5 Å². The standard InChI is InChI=1S/C14H18BrNO2/c1-9-11(10-2-4-16-5-3-10)8-12-14(13(9)15)18-7-6-17-12/h8,10,16H,2-7H2,1H3. The molecular formula is C14H18BrNO2. The van der Waals surface area contributed by atoms with Gasteiger partial charge < -0.3 is 14.8 Å². The summed E-state index contributed by atoms with van der Waals surface area (Å²) >= 11 is 3.66. The van der Waals surface area contributed by atoms with Gasteiger partial charge in [0, 0.05) is 0 Å². The molecule has 1 aromatic carbocycles. The molecular weight excluding hydrogens is 294 g/mol. The molecule has 4 heteroatoms. The van der Waals surface area contributed by atoms with Crippen LogP contribution in [-0.4, -0.2) is 26.3 Å². The van der Waals surface area contributed by atoms with Crippen LogP contribution >= 0.6 is 15.9 Å². The van der Waals surface area contributed by atoms with E-state index >= 15 is 0 Å². The molecule has 0 atom stereocenters. The fraction of sp³-hybridized carbons (Fsp3) is 0.571. The molecule has 3 rings (SSSR count). The second kappa shape index (κ2) is 5.10. The van der Waals surface area contributed by atoms with Crippen LogP contribution in [0.4, 0.5) is 0 Å². The SMILES string of the molecule is Cc1c(C2CCNCC2)cc2c(c1Br)OCCO2. The lowest BCUT2D eigenvalue weighted by atomic mass is 9.87. The molecule has 0 unspecified atom stereocenters. The number of halogens is 1. The normalized spacial score (nSPS) is 19.9. The summed E-state index contributed by atoms with van der Waals surface area (Å²) in [6, 6.07) is 2.19. The monoisotopic (exact) mass is 311 g/mol. The van der Waals surface area contributed by atoms with E-state index < -0.39 is 0 Å². The minimum Gasteiger partial charge on any atom is -0.486 e. The van der Waals surface area contributed by atoms with Crippen molar-refractivity contribution in [3.05, 3.63) is 21.7 Å². The number of nitrogens with one attached hydrogen (secondary N) is 1. The summed E-state index contributed by atoms with van der Waals surface area (Å²) < 4.78 is 12.5. The summed E-state index contributed by atoms with van der Waals surface area (Å²) in [6.07, 6.45) is 2.40. The Balaban J connectivity index is 2.01. The lowest BCUT2D eigenvalue weighted by Gasteiger charge is -2.28. The van der Waals surface area contributed by atoms with E-state index in [-0.39, 0.29) is 0 Å². The van der Waals surface area contributed by atoms with Gasteiger partial charge in [-0.25, -0.2) is 0 Å². The Hall–Kier alpha value is -0.740. The fourth-order valence-electron chi connectivity index (χ4n) is 2.81. The molecule has 0 amide bonds. The average molecular weight is 312 g/mol.